The molecule has 1 aromatic heterocycles. The third-order valence-electron chi connectivity index (χ3n) is 6.13. The molecule has 3 aliphatic heterocycles. The maximum Gasteiger partial charge on any atom is 0.228 e. The number of ether oxygens (including phenoxy) is 1. The summed E-state index contributed by atoms with van der Waals surface area (Å²) in [4.78, 5) is 19.6. The van der Waals surface area contributed by atoms with Gasteiger partial charge in [0.05, 0.1) is 12.0 Å². The maximum atomic E-state index is 12.8. The summed E-state index contributed by atoms with van der Waals surface area (Å²) in [6.45, 7) is 5.72. The quantitative estimate of drug-likeness (QED) is 0.837. The molecule has 0 spiro atoms. The standard InChI is InChI=1S/C19H29N3O2/c1-14-17(6-4-12-24-14)19(23)21-10-7-15(8-11-21)18-20-13-16-5-2-3-9-22(16)18/h13-15,17H,2-12H2,1H3/t14-,17-/m0/s1. The van der Waals surface area contributed by atoms with Gasteiger partial charge >= 0.3 is 0 Å². The van der Waals surface area contributed by atoms with Crippen LogP contribution in [-0.2, 0) is 22.5 Å². The SMILES string of the molecule is C[C@@H]1OCCC[C@@H]1C(=O)N1CCC(c2ncc3n2CCCC3)CC1. The lowest BCUT2D eigenvalue weighted by atomic mass is 9.91. The number of aromatic nitrogens is 2. The number of carbonyl (C=O) groups is 1. The van der Waals surface area contributed by atoms with Gasteiger partial charge in [0.15, 0.2) is 0 Å². The molecule has 0 aromatic carbocycles. The maximum absolute atomic E-state index is 12.8. The molecular weight excluding hydrogens is 302 g/mol. The van der Waals surface area contributed by atoms with E-state index in [9.17, 15) is 4.79 Å². The molecule has 5 heteroatoms. The average Bonchev–Trinajstić information content (AvgIpc) is 3.06. The minimum absolute atomic E-state index is 0.0643. The summed E-state index contributed by atoms with van der Waals surface area (Å²) >= 11 is 0. The number of hydrogen-bond donors (Lipinski definition) is 0. The van der Waals surface area contributed by atoms with E-state index in [0.29, 0.717) is 11.8 Å². The number of piperidine rings is 1. The molecule has 0 bridgehead atoms. The van der Waals surface area contributed by atoms with Gasteiger partial charge in [0.2, 0.25) is 5.91 Å². The predicted molar refractivity (Wildman–Crippen MR) is 91.9 cm³/mol. The van der Waals surface area contributed by atoms with Gasteiger partial charge in [-0.3, -0.25) is 4.79 Å². The lowest BCUT2D eigenvalue weighted by molar-refractivity contribution is -0.145. The lowest BCUT2D eigenvalue weighted by Crippen LogP contribution is -2.46. The summed E-state index contributed by atoms with van der Waals surface area (Å²) in [5.41, 5.74) is 1.41. The zero-order chi connectivity index (χ0) is 16.5. The molecule has 2 fully saturated rings. The molecule has 2 saturated heterocycles. The van der Waals surface area contributed by atoms with Crippen molar-refractivity contribution in [2.45, 2.75) is 70.4 Å². The Morgan fingerprint density at radius 3 is 2.79 bits per heavy atom. The minimum Gasteiger partial charge on any atom is -0.378 e. The van der Waals surface area contributed by atoms with Gasteiger partial charge in [0.1, 0.15) is 5.82 Å². The Morgan fingerprint density at radius 1 is 1.17 bits per heavy atom. The number of imidazole rings is 1. The van der Waals surface area contributed by atoms with Crippen LogP contribution in [0.5, 0.6) is 0 Å². The molecular formula is C19H29N3O2. The molecule has 0 aliphatic carbocycles. The van der Waals surface area contributed by atoms with Gasteiger partial charge in [-0.2, -0.15) is 0 Å². The second-order valence-electron chi connectivity index (χ2n) is 7.64. The van der Waals surface area contributed by atoms with Crippen LogP contribution in [0, 0.1) is 5.92 Å². The normalized spacial score (nSPS) is 28.6. The van der Waals surface area contributed by atoms with E-state index in [0.717, 1.165) is 51.9 Å². The van der Waals surface area contributed by atoms with E-state index in [1.807, 2.05) is 6.92 Å². The van der Waals surface area contributed by atoms with Gasteiger partial charge in [0, 0.05) is 44.0 Å². The molecule has 4 rings (SSSR count). The molecule has 1 amide bonds. The Morgan fingerprint density at radius 2 is 2.00 bits per heavy atom. The van der Waals surface area contributed by atoms with E-state index in [1.54, 1.807) is 0 Å². The Labute approximate surface area is 144 Å². The van der Waals surface area contributed by atoms with E-state index >= 15 is 0 Å². The lowest BCUT2D eigenvalue weighted by Gasteiger charge is -2.37. The van der Waals surface area contributed by atoms with Crippen molar-refractivity contribution < 1.29 is 9.53 Å². The highest BCUT2D eigenvalue weighted by molar-refractivity contribution is 5.79. The Hall–Kier alpha value is -1.36. The first-order chi connectivity index (χ1) is 11.7. The summed E-state index contributed by atoms with van der Waals surface area (Å²) in [6.07, 6.45) is 9.96. The molecule has 0 radical (unpaired) electrons. The molecule has 2 atom stereocenters. The van der Waals surface area contributed by atoms with E-state index < -0.39 is 0 Å². The second kappa shape index (κ2) is 6.87. The third kappa shape index (κ3) is 2.99. The van der Waals surface area contributed by atoms with Gasteiger partial charge in [-0.1, -0.05) is 0 Å². The molecule has 0 unspecified atom stereocenters. The molecule has 24 heavy (non-hydrogen) atoms. The monoisotopic (exact) mass is 331 g/mol. The number of carbonyl (C=O) groups excluding carboxylic acids is 1. The molecule has 1 aromatic rings. The number of nitrogens with zero attached hydrogens (tertiary/aromatic N) is 3. The fraction of sp³-hybridized carbons (Fsp3) is 0.789. The summed E-state index contributed by atoms with van der Waals surface area (Å²) < 4.78 is 8.13. The molecule has 5 nitrogen and oxygen atoms in total. The molecule has 4 heterocycles. The molecule has 0 saturated carbocycles. The zero-order valence-electron chi connectivity index (χ0n) is 14.7. The fourth-order valence-electron chi connectivity index (χ4n) is 4.63. The number of likely N-dealkylation sites (tertiary alicyclic amines) is 1. The second-order valence-corrected chi connectivity index (χ2v) is 7.64. The number of fused-ring (bicyclic) bond motifs is 1. The van der Waals surface area contributed by atoms with Crippen molar-refractivity contribution in [1.82, 2.24) is 14.5 Å². The zero-order valence-corrected chi connectivity index (χ0v) is 14.7. The van der Waals surface area contributed by atoms with Crippen LogP contribution in [0.1, 0.15) is 62.9 Å². The third-order valence-corrected chi connectivity index (χ3v) is 6.13. The van der Waals surface area contributed by atoms with Crippen molar-refractivity contribution in [1.29, 1.82) is 0 Å². The molecule has 0 N–H and O–H groups in total. The van der Waals surface area contributed by atoms with Crippen molar-refractivity contribution >= 4 is 5.91 Å². The largest absolute Gasteiger partial charge is 0.378 e. The van der Waals surface area contributed by atoms with E-state index in [-0.39, 0.29) is 12.0 Å². The summed E-state index contributed by atoms with van der Waals surface area (Å²) in [6, 6.07) is 0. The van der Waals surface area contributed by atoms with Crippen molar-refractivity contribution in [2.75, 3.05) is 19.7 Å². The highest BCUT2D eigenvalue weighted by Crippen LogP contribution is 2.31. The first-order valence-corrected chi connectivity index (χ1v) is 9.68. The summed E-state index contributed by atoms with van der Waals surface area (Å²) in [7, 11) is 0. The van der Waals surface area contributed by atoms with E-state index in [1.165, 1.54) is 30.8 Å². The Kier molecular flexibility index (Phi) is 4.61. The van der Waals surface area contributed by atoms with Gasteiger partial charge in [-0.15, -0.1) is 0 Å². The average molecular weight is 331 g/mol. The first kappa shape index (κ1) is 16.1. The van der Waals surface area contributed by atoms with Gasteiger partial charge in [-0.25, -0.2) is 4.98 Å². The van der Waals surface area contributed by atoms with Crippen molar-refractivity contribution in [2.24, 2.45) is 5.92 Å². The van der Waals surface area contributed by atoms with Gasteiger partial charge in [-0.05, 0) is 51.9 Å². The summed E-state index contributed by atoms with van der Waals surface area (Å²) in [5, 5.41) is 0. The fourth-order valence-corrected chi connectivity index (χ4v) is 4.63. The van der Waals surface area contributed by atoms with Crippen LogP contribution < -0.4 is 0 Å². The van der Waals surface area contributed by atoms with Crippen LogP contribution in [0.3, 0.4) is 0 Å². The predicted octanol–water partition coefficient (Wildman–Crippen LogP) is 2.74. The van der Waals surface area contributed by atoms with Crippen LogP contribution in [0.2, 0.25) is 0 Å². The van der Waals surface area contributed by atoms with Crippen LogP contribution in [0.25, 0.3) is 0 Å². The Bertz CT molecular complexity index is 589. The van der Waals surface area contributed by atoms with Crippen molar-refractivity contribution in [3.05, 3.63) is 17.7 Å². The molecule has 3 aliphatic rings. The smallest absolute Gasteiger partial charge is 0.228 e. The summed E-state index contributed by atoms with van der Waals surface area (Å²) in [5.74, 6) is 2.16. The van der Waals surface area contributed by atoms with E-state index in [4.69, 9.17) is 9.72 Å². The molecule has 132 valence electrons. The Balaban J connectivity index is 1.38. The van der Waals surface area contributed by atoms with Gasteiger partial charge in [0.25, 0.3) is 0 Å². The number of aryl methyl sites for hydroxylation is 1. The highest BCUT2D eigenvalue weighted by atomic mass is 16.5. The topological polar surface area (TPSA) is 47.4 Å². The van der Waals surface area contributed by atoms with Crippen LogP contribution in [-0.4, -0.2) is 46.2 Å². The van der Waals surface area contributed by atoms with Crippen LogP contribution in [0.4, 0.5) is 0 Å². The van der Waals surface area contributed by atoms with Crippen LogP contribution in [0.15, 0.2) is 6.20 Å². The van der Waals surface area contributed by atoms with E-state index in [2.05, 4.69) is 15.7 Å². The number of hydrogen-bond acceptors (Lipinski definition) is 3. The van der Waals surface area contributed by atoms with Crippen molar-refractivity contribution in [3.8, 4) is 0 Å². The van der Waals surface area contributed by atoms with Gasteiger partial charge < -0.3 is 14.2 Å². The first-order valence-electron chi connectivity index (χ1n) is 9.68. The minimum atomic E-state index is 0.0643. The number of amides is 1. The number of rotatable bonds is 2. The van der Waals surface area contributed by atoms with Crippen LogP contribution >= 0.6 is 0 Å². The van der Waals surface area contributed by atoms with Crippen molar-refractivity contribution in [3.63, 3.8) is 0 Å². The highest BCUT2D eigenvalue weighted by Gasteiger charge is 2.34.